The van der Waals surface area contributed by atoms with E-state index >= 15 is 0 Å². The number of carbonyl (C=O) groups excluding carboxylic acids is 5. The summed E-state index contributed by atoms with van der Waals surface area (Å²) in [6.45, 7) is 8.91. The number of halogens is 1. The number of hydrogen-bond donors (Lipinski definition) is 6. The Bertz CT molecular complexity index is 1910. The number of benzene rings is 3. The van der Waals surface area contributed by atoms with Crippen LogP contribution in [0, 0.1) is 18.8 Å². The summed E-state index contributed by atoms with van der Waals surface area (Å²) in [6, 6.07) is 17.9. The van der Waals surface area contributed by atoms with Crippen molar-refractivity contribution in [2.24, 2.45) is 11.8 Å². The maximum Gasteiger partial charge on any atom is 0.408 e. The zero-order valence-electron chi connectivity index (χ0n) is 33.5. The summed E-state index contributed by atoms with van der Waals surface area (Å²) in [5.41, 5.74) is 4.80. The van der Waals surface area contributed by atoms with Crippen molar-refractivity contribution in [3.63, 3.8) is 0 Å². The maximum absolute atomic E-state index is 14.0. The second kappa shape index (κ2) is 23.3. The van der Waals surface area contributed by atoms with E-state index in [1.165, 1.54) is 24.3 Å². The Kier molecular flexibility index (Phi) is 18.9. The fourth-order valence-corrected chi connectivity index (χ4v) is 6.89. The molecular weight excluding hydrogens is 788 g/mol. The van der Waals surface area contributed by atoms with Crippen LogP contribution >= 0.6 is 11.6 Å². The fourth-order valence-electron chi connectivity index (χ4n) is 5.67. The van der Waals surface area contributed by atoms with E-state index in [2.05, 4.69) is 26.1 Å². The van der Waals surface area contributed by atoms with Crippen molar-refractivity contribution >= 4 is 51.3 Å². The molecule has 3 aromatic carbocycles. The van der Waals surface area contributed by atoms with Crippen LogP contribution in [0.3, 0.4) is 0 Å². The quantitative estimate of drug-likeness (QED) is 0.0509. The lowest BCUT2D eigenvalue weighted by Crippen LogP contribution is -2.59. The van der Waals surface area contributed by atoms with Crippen molar-refractivity contribution in [2.45, 2.75) is 96.5 Å². The van der Waals surface area contributed by atoms with E-state index in [0.29, 0.717) is 12.0 Å². The Morgan fingerprint density at radius 3 is 2.02 bits per heavy atom. The minimum absolute atomic E-state index is 0.0198. The number of ether oxygens (including phenoxy) is 1. The Labute approximate surface area is 345 Å². The number of hydrazine groups is 1. The number of phenolic OH excluding ortho intramolecular Hbond substituents is 1. The number of hydrogen-bond acceptors (Lipinski definition) is 9. The molecule has 58 heavy (non-hydrogen) atoms. The molecule has 316 valence electrons. The van der Waals surface area contributed by atoms with Crippen LogP contribution in [0.5, 0.6) is 5.75 Å². The second-order valence-corrected chi connectivity index (χ2v) is 16.7. The number of rotatable bonds is 21. The summed E-state index contributed by atoms with van der Waals surface area (Å²) in [5.74, 6) is -3.67. The normalized spacial score (nSPS) is 12.9. The Balaban J connectivity index is 1.77. The lowest BCUT2D eigenvalue weighted by molar-refractivity contribution is -0.142. The van der Waals surface area contributed by atoms with Crippen LogP contribution in [0.2, 0.25) is 0 Å². The highest BCUT2D eigenvalue weighted by Gasteiger charge is 2.32. The SMILES string of the molecule is Cc1ccc(S(=O)(=O)NCCCC[C@H](NC(=O)[C@@H](NC(=O)OCc2ccccc2)C(C)C)C(=O)N[C@@H](CC(C)C)C(=O)NN(Cc2ccc(O)cc2)C(=O)CCl)cc1. The van der Waals surface area contributed by atoms with Gasteiger partial charge in [-0.15, -0.1) is 11.6 Å². The van der Waals surface area contributed by atoms with Gasteiger partial charge >= 0.3 is 6.09 Å². The number of amides is 5. The highest BCUT2D eigenvalue weighted by atomic mass is 35.5. The smallest absolute Gasteiger partial charge is 0.408 e. The first-order valence-corrected chi connectivity index (χ1v) is 21.1. The van der Waals surface area contributed by atoms with Crippen LogP contribution in [0.1, 0.15) is 70.1 Å². The summed E-state index contributed by atoms with van der Waals surface area (Å²) in [6.07, 6.45) is -0.0628. The predicted molar refractivity (Wildman–Crippen MR) is 219 cm³/mol. The van der Waals surface area contributed by atoms with Crippen molar-refractivity contribution in [1.82, 2.24) is 31.1 Å². The van der Waals surface area contributed by atoms with Gasteiger partial charge in [0.05, 0.1) is 11.4 Å². The second-order valence-electron chi connectivity index (χ2n) is 14.6. The highest BCUT2D eigenvalue weighted by molar-refractivity contribution is 7.89. The molecule has 0 bridgehead atoms. The van der Waals surface area contributed by atoms with E-state index in [1.54, 1.807) is 62.4 Å². The number of aromatic hydroxyl groups is 1. The third kappa shape index (κ3) is 16.0. The van der Waals surface area contributed by atoms with Crippen LogP contribution in [0.15, 0.2) is 83.8 Å². The summed E-state index contributed by atoms with van der Waals surface area (Å²) in [7, 11) is -3.79. The molecule has 3 rings (SSSR count). The average molecular weight is 843 g/mol. The fraction of sp³-hybridized carbons (Fsp3) is 0.439. The molecular formula is C41H55ClN6O9S. The molecule has 6 N–H and O–H groups in total. The molecule has 0 spiro atoms. The molecule has 15 nitrogen and oxygen atoms in total. The van der Waals surface area contributed by atoms with Crippen molar-refractivity contribution in [3.8, 4) is 5.75 Å². The lowest BCUT2D eigenvalue weighted by Gasteiger charge is -2.29. The lowest BCUT2D eigenvalue weighted by atomic mass is 10.0. The summed E-state index contributed by atoms with van der Waals surface area (Å²) in [4.78, 5) is 67.2. The Hall–Kier alpha value is -5.19. The molecule has 0 radical (unpaired) electrons. The van der Waals surface area contributed by atoms with Gasteiger partial charge in [-0.25, -0.2) is 22.9 Å². The molecule has 0 aliphatic carbocycles. The first kappa shape index (κ1) is 47.2. The van der Waals surface area contributed by atoms with Crippen molar-refractivity contribution in [1.29, 1.82) is 0 Å². The molecule has 3 atom stereocenters. The summed E-state index contributed by atoms with van der Waals surface area (Å²) < 4.78 is 33.5. The van der Waals surface area contributed by atoms with Crippen LogP contribution in [0.4, 0.5) is 4.79 Å². The molecule has 0 aliphatic heterocycles. The number of alkyl halides is 1. The molecule has 0 saturated carbocycles. The van der Waals surface area contributed by atoms with E-state index < -0.39 is 69.7 Å². The Morgan fingerprint density at radius 1 is 0.776 bits per heavy atom. The first-order chi connectivity index (χ1) is 27.5. The molecule has 0 aliphatic rings. The van der Waals surface area contributed by atoms with E-state index in [-0.39, 0.29) is 55.5 Å². The van der Waals surface area contributed by atoms with Gasteiger partial charge in [-0.2, -0.15) is 0 Å². The van der Waals surface area contributed by atoms with Gasteiger partial charge in [0.25, 0.3) is 11.8 Å². The molecule has 0 heterocycles. The molecule has 3 aromatic rings. The van der Waals surface area contributed by atoms with Crippen LogP contribution in [-0.4, -0.2) is 78.8 Å². The number of unbranched alkanes of at least 4 members (excludes halogenated alkanes) is 1. The minimum Gasteiger partial charge on any atom is -0.508 e. The van der Waals surface area contributed by atoms with Crippen molar-refractivity contribution < 1.29 is 42.2 Å². The van der Waals surface area contributed by atoms with Gasteiger partial charge in [-0.05, 0) is 79.8 Å². The van der Waals surface area contributed by atoms with Crippen LogP contribution < -0.4 is 26.1 Å². The minimum atomic E-state index is -3.79. The van der Waals surface area contributed by atoms with Gasteiger partial charge in [0.1, 0.15) is 36.4 Å². The summed E-state index contributed by atoms with van der Waals surface area (Å²) >= 11 is 5.85. The third-order valence-electron chi connectivity index (χ3n) is 8.89. The number of sulfonamides is 1. The molecule has 5 amide bonds. The third-order valence-corrected chi connectivity index (χ3v) is 10.6. The highest BCUT2D eigenvalue weighted by Crippen LogP contribution is 2.14. The number of carbonyl (C=O) groups is 5. The topological polar surface area (TPSA) is 212 Å². The molecule has 0 unspecified atom stereocenters. The van der Waals surface area contributed by atoms with Gasteiger partial charge < -0.3 is 25.8 Å². The number of nitrogens with zero attached hydrogens (tertiary/aromatic N) is 1. The van der Waals surface area contributed by atoms with E-state index in [4.69, 9.17) is 16.3 Å². The predicted octanol–water partition coefficient (Wildman–Crippen LogP) is 4.41. The largest absolute Gasteiger partial charge is 0.508 e. The standard InChI is InChI=1S/C41H55ClN6O9S/c1-27(2)23-35(39(52)47-48(36(50)24-42)25-30-16-18-32(49)19-17-30)45-38(51)34(13-9-10-22-43-58(55,56)33-20-14-29(5)15-21-33)44-40(53)37(28(3)4)46-41(54)57-26-31-11-7-6-8-12-31/h6-8,11-12,14-21,27-28,34-35,37,43,49H,9-10,13,22-26H2,1-5H3,(H,44,53)(H,45,51)(H,46,54)(H,47,52)/t34-,35-,37-/m0/s1. The van der Waals surface area contributed by atoms with Gasteiger partial charge in [0.2, 0.25) is 21.8 Å². The zero-order valence-corrected chi connectivity index (χ0v) is 35.1. The maximum atomic E-state index is 14.0. The van der Waals surface area contributed by atoms with Crippen LogP contribution in [0.25, 0.3) is 0 Å². The first-order valence-electron chi connectivity index (χ1n) is 19.1. The number of alkyl carbamates (subject to hydrolysis) is 1. The van der Waals surface area contributed by atoms with E-state index in [0.717, 1.165) is 16.1 Å². The van der Waals surface area contributed by atoms with Gasteiger partial charge in [-0.1, -0.05) is 87.9 Å². The number of nitrogens with one attached hydrogen (secondary N) is 5. The van der Waals surface area contributed by atoms with Gasteiger partial charge in [-0.3, -0.25) is 24.6 Å². The van der Waals surface area contributed by atoms with Crippen LogP contribution in [-0.2, 0) is 47.1 Å². The number of aryl methyl sites for hydroxylation is 1. The van der Waals surface area contributed by atoms with Gasteiger partial charge in [0, 0.05) is 6.54 Å². The zero-order chi connectivity index (χ0) is 42.8. The van der Waals surface area contributed by atoms with Gasteiger partial charge in [0.15, 0.2) is 0 Å². The van der Waals surface area contributed by atoms with E-state index in [1.807, 2.05) is 26.8 Å². The van der Waals surface area contributed by atoms with E-state index in [9.17, 15) is 37.5 Å². The average Bonchev–Trinajstić information content (AvgIpc) is 3.18. The summed E-state index contributed by atoms with van der Waals surface area (Å²) in [5, 5.41) is 18.7. The molecule has 17 heteroatoms. The molecule has 0 fully saturated rings. The van der Waals surface area contributed by atoms with Crippen molar-refractivity contribution in [2.75, 3.05) is 12.4 Å². The molecule has 0 aromatic heterocycles. The molecule has 0 saturated heterocycles. The monoisotopic (exact) mass is 842 g/mol. The Morgan fingerprint density at radius 2 is 1.41 bits per heavy atom. The number of phenols is 1. The van der Waals surface area contributed by atoms with Crippen molar-refractivity contribution in [3.05, 3.63) is 95.6 Å².